The summed E-state index contributed by atoms with van der Waals surface area (Å²) in [5.41, 5.74) is 2.67. The summed E-state index contributed by atoms with van der Waals surface area (Å²) in [4.78, 5) is 16.8. The van der Waals surface area contributed by atoms with Crippen LogP contribution in [0.1, 0.15) is 47.4 Å². The van der Waals surface area contributed by atoms with Crippen LogP contribution in [0.4, 0.5) is 0 Å². The minimum Gasteiger partial charge on any atom is -0.294 e. The van der Waals surface area contributed by atoms with Crippen molar-refractivity contribution in [2.24, 2.45) is 0 Å². The van der Waals surface area contributed by atoms with Gasteiger partial charge in [-0.15, -0.1) is 11.3 Å². The topological polar surface area (TPSA) is 30.0 Å². The zero-order valence-corrected chi connectivity index (χ0v) is 13.7. The van der Waals surface area contributed by atoms with Gasteiger partial charge in [0, 0.05) is 16.4 Å². The number of nitrogens with zero attached hydrogens (tertiary/aromatic N) is 1. The van der Waals surface area contributed by atoms with Gasteiger partial charge in [-0.1, -0.05) is 38.4 Å². The molecule has 4 heteroatoms. The summed E-state index contributed by atoms with van der Waals surface area (Å²) in [7, 11) is 0. The number of benzene rings is 1. The van der Waals surface area contributed by atoms with Crippen LogP contribution in [0.5, 0.6) is 0 Å². The summed E-state index contributed by atoms with van der Waals surface area (Å²) in [5, 5.41) is 3.39. The molecule has 0 fully saturated rings. The van der Waals surface area contributed by atoms with Gasteiger partial charge in [-0.05, 0) is 24.6 Å². The third kappa shape index (κ3) is 3.47. The molecule has 0 aliphatic rings. The van der Waals surface area contributed by atoms with Crippen molar-refractivity contribution in [2.45, 2.75) is 39.5 Å². The number of hydrogen-bond acceptors (Lipinski definition) is 3. The molecule has 0 unspecified atom stereocenters. The van der Waals surface area contributed by atoms with Gasteiger partial charge in [-0.25, -0.2) is 4.98 Å². The summed E-state index contributed by atoms with van der Waals surface area (Å²) < 4.78 is 0. The van der Waals surface area contributed by atoms with Crippen LogP contribution in [0.3, 0.4) is 0 Å². The van der Waals surface area contributed by atoms with Crippen LogP contribution in [-0.4, -0.2) is 10.8 Å². The number of aromatic nitrogens is 1. The van der Waals surface area contributed by atoms with E-state index in [1.54, 1.807) is 6.07 Å². The lowest BCUT2D eigenvalue weighted by molar-refractivity contribution is 0.0993. The average Bonchev–Trinajstić information content (AvgIpc) is 2.76. The van der Waals surface area contributed by atoms with Gasteiger partial charge in [0.25, 0.3) is 0 Å². The molecule has 0 atom stereocenters. The first-order valence-electron chi connectivity index (χ1n) is 6.51. The summed E-state index contributed by atoms with van der Waals surface area (Å²) >= 11 is 7.66. The minimum atomic E-state index is 0.0132. The summed E-state index contributed by atoms with van der Waals surface area (Å²) in [6.45, 7) is 8.30. The molecule has 1 heterocycles. The number of rotatable bonds is 3. The smallest absolute Gasteiger partial charge is 0.171 e. The van der Waals surface area contributed by atoms with Gasteiger partial charge < -0.3 is 0 Å². The van der Waals surface area contributed by atoms with Crippen molar-refractivity contribution < 1.29 is 4.79 Å². The van der Waals surface area contributed by atoms with Crippen LogP contribution >= 0.6 is 22.9 Å². The van der Waals surface area contributed by atoms with E-state index in [0.29, 0.717) is 17.0 Å². The van der Waals surface area contributed by atoms with E-state index in [1.807, 2.05) is 24.4 Å². The van der Waals surface area contributed by atoms with Gasteiger partial charge in [0.05, 0.1) is 17.1 Å². The molecule has 2 rings (SSSR count). The van der Waals surface area contributed by atoms with E-state index in [1.165, 1.54) is 11.3 Å². The van der Waals surface area contributed by atoms with Gasteiger partial charge in [-0.2, -0.15) is 0 Å². The number of carbonyl (C=O) groups excluding carboxylic acids is 1. The third-order valence-electron chi connectivity index (χ3n) is 3.06. The molecule has 0 aliphatic carbocycles. The number of ketones is 1. The number of carbonyl (C=O) groups is 1. The quantitative estimate of drug-likeness (QED) is 0.760. The maximum absolute atomic E-state index is 12.3. The van der Waals surface area contributed by atoms with Crippen molar-refractivity contribution in [3.8, 4) is 0 Å². The molecule has 0 aliphatic heterocycles. The van der Waals surface area contributed by atoms with Crippen molar-refractivity contribution in [3.05, 3.63) is 50.4 Å². The molecule has 0 N–H and O–H groups in total. The van der Waals surface area contributed by atoms with E-state index in [-0.39, 0.29) is 11.2 Å². The van der Waals surface area contributed by atoms with Crippen LogP contribution in [0.2, 0.25) is 5.02 Å². The maximum atomic E-state index is 12.3. The van der Waals surface area contributed by atoms with Gasteiger partial charge in [-0.3, -0.25) is 4.79 Å². The molecule has 0 spiro atoms. The van der Waals surface area contributed by atoms with Crippen LogP contribution in [-0.2, 0) is 11.8 Å². The van der Waals surface area contributed by atoms with Crippen LogP contribution in [0, 0.1) is 6.92 Å². The summed E-state index contributed by atoms with van der Waals surface area (Å²) in [6.07, 6.45) is 0.309. The number of aryl methyl sites for hydroxylation is 1. The highest BCUT2D eigenvalue weighted by Crippen LogP contribution is 2.25. The third-order valence-corrected chi connectivity index (χ3v) is 4.22. The first-order chi connectivity index (χ1) is 9.27. The lowest BCUT2D eigenvalue weighted by Crippen LogP contribution is -2.12. The van der Waals surface area contributed by atoms with E-state index in [2.05, 4.69) is 25.8 Å². The molecule has 20 heavy (non-hydrogen) atoms. The lowest BCUT2D eigenvalue weighted by atomic mass is 9.93. The van der Waals surface area contributed by atoms with Gasteiger partial charge in [0.1, 0.15) is 5.01 Å². The van der Waals surface area contributed by atoms with Crippen molar-refractivity contribution in [1.29, 1.82) is 0 Å². The van der Waals surface area contributed by atoms with E-state index >= 15 is 0 Å². The summed E-state index contributed by atoms with van der Waals surface area (Å²) in [5.74, 6) is 0.0183. The Labute approximate surface area is 128 Å². The predicted molar refractivity (Wildman–Crippen MR) is 85.0 cm³/mol. The normalized spacial score (nSPS) is 11.7. The largest absolute Gasteiger partial charge is 0.294 e. The molecule has 0 bridgehead atoms. The highest BCUT2D eigenvalue weighted by molar-refractivity contribution is 7.09. The van der Waals surface area contributed by atoms with Crippen molar-refractivity contribution in [3.63, 3.8) is 0 Å². The standard InChI is InChI=1S/C16H18ClNOS/c1-10-5-6-11(12(17)7-10)13(19)8-15-18-14(9-20-15)16(2,3)4/h5-7,9H,8H2,1-4H3. The second kappa shape index (κ2) is 5.66. The van der Waals surface area contributed by atoms with Crippen LogP contribution < -0.4 is 0 Å². The molecule has 0 saturated heterocycles. The Balaban J connectivity index is 2.17. The highest BCUT2D eigenvalue weighted by Gasteiger charge is 2.19. The number of thiazole rings is 1. The Morgan fingerprint density at radius 3 is 2.60 bits per heavy atom. The number of Topliss-reactive ketones (excluding diaryl/α,β-unsaturated/α-hetero) is 1. The Morgan fingerprint density at radius 1 is 1.35 bits per heavy atom. The van der Waals surface area contributed by atoms with E-state index in [0.717, 1.165) is 16.3 Å². The molecule has 2 nitrogen and oxygen atoms in total. The second-order valence-corrected chi connectivity index (χ2v) is 7.31. The monoisotopic (exact) mass is 307 g/mol. The van der Waals surface area contributed by atoms with Crippen LogP contribution in [0.25, 0.3) is 0 Å². The van der Waals surface area contributed by atoms with E-state index < -0.39 is 0 Å². The van der Waals surface area contributed by atoms with Crippen LogP contribution in [0.15, 0.2) is 23.6 Å². The Bertz CT molecular complexity index is 640. The van der Waals surface area contributed by atoms with Gasteiger partial charge >= 0.3 is 0 Å². The van der Waals surface area contributed by atoms with E-state index in [9.17, 15) is 4.79 Å². The fourth-order valence-electron chi connectivity index (χ4n) is 1.82. The molecule has 1 aromatic carbocycles. The van der Waals surface area contributed by atoms with Crippen molar-refractivity contribution in [2.75, 3.05) is 0 Å². The molecule has 106 valence electrons. The molecule has 0 saturated carbocycles. The predicted octanol–water partition coefficient (Wildman–Crippen LogP) is 4.83. The molecule has 2 aromatic rings. The minimum absolute atomic E-state index is 0.0132. The molecule has 1 aromatic heterocycles. The molecular weight excluding hydrogens is 290 g/mol. The highest BCUT2D eigenvalue weighted by atomic mass is 35.5. The van der Waals surface area contributed by atoms with Crippen molar-refractivity contribution in [1.82, 2.24) is 4.98 Å². The second-order valence-electron chi connectivity index (χ2n) is 5.96. The van der Waals surface area contributed by atoms with Crippen molar-refractivity contribution >= 4 is 28.7 Å². The SMILES string of the molecule is Cc1ccc(C(=O)Cc2nc(C(C)(C)C)cs2)c(Cl)c1. The zero-order chi connectivity index (χ0) is 14.9. The average molecular weight is 308 g/mol. The first kappa shape index (κ1) is 15.2. The van der Waals surface area contributed by atoms with Gasteiger partial charge in [0.15, 0.2) is 5.78 Å². The lowest BCUT2D eigenvalue weighted by Gasteiger charge is -2.14. The molecular formula is C16H18ClNOS. The first-order valence-corrected chi connectivity index (χ1v) is 7.77. The van der Waals surface area contributed by atoms with E-state index in [4.69, 9.17) is 11.6 Å². The number of hydrogen-bond donors (Lipinski definition) is 0. The fraction of sp³-hybridized carbons (Fsp3) is 0.375. The fourth-order valence-corrected chi connectivity index (χ4v) is 3.18. The number of halogens is 1. The maximum Gasteiger partial charge on any atom is 0.171 e. The molecule has 0 amide bonds. The zero-order valence-electron chi connectivity index (χ0n) is 12.2. The summed E-state index contributed by atoms with van der Waals surface area (Å²) in [6, 6.07) is 5.51. The Morgan fingerprint density at radius 2 is 2.05 bits per heavy atom. The molecule has 0 radical (unpaired) electrons. The van der Waals surface area contributed by atoms with Gasteiger partial charge in [0.2, 0.25) is 0 Å². The Kier molecular flexibility index (Phi) is 4.31. The Hall–Kier alpha value is -1.19.